The Morgan fingerprint density at radius 1 is 0.923 bits per heavy atom. The van der Waals surface area contributed by atoms with E-state index >= 15 is 0 Å². The number of aryl methyl sites for hydroxylation is 1. The van der Waals surface area contributed by atoms with Gasteiger partial charge in [0.2, 0.25) is 5.91 Å². The molecule has 0 bridgehead atoms. The van der Waals surface area contributed by atoms with Crippen LogP contribution in [0.25, 0.3) is 0 Å². The highest BCUT2D eigenvalue weighted by Gasteiger charge is 2.42. The summed E-state index contributed by atoms with van der Waals surface area (Å²) in [5, 5.41) is 3.46. The number of piperidine rings is 1. The number of carbonyl (C=O) groups is 1. The van der Waals surface area contributed by atoms with Crippen molar-refractivity contribution in [3.05, 3.63) is 70.8 Å². The number of likely N-dealkylation sites (tertiary alicyclic amines) is 1. The standard InChI is InChI=1S/C23H26N2O/c26-22(21-15-18-6-1-2-7-19(18)16-24-21)25-13-11-23(12-14-25)10-9-17-5-3-4-8-20(17)23/h1-8,21,24H,9-16H2. The van der Waals surface area contributed by atoms with Gasteiger partial charge in [-0.1, -0.05) is 48.5 Å². The predicted octanol–water partition coefficient (Wildman–Crippen LogP) is 3.21. The van der Waals surface area contributed by atoms with Crippen molar-refractivity contribution in [3.8, 4) is 0 Å². The number of benzene rings is 2. The molecule has 1 aliphatic carbocycles. The lowest BCUT2D eigenvalue weighted by atomic mass is 9.73. The number of rotatable bonds is 1. The van der Waals surface area contributed by atoms with Gasteiger partial charge in [0, 0.05) is 19.6 Å². The average Bonchev–Trinajstić information content (AvgIpc) is 3.06. The Hall–Kier alpha value is -2.13. The van der Waals surface area contributed by atoms with Crippen molar-refractivity contribution in [3.63, 3.8) is 0 Å². The van der Waals surface area contributed by atoms with Crippen molar-refractivity contribution in [2.24, 2.45) is 0 Å². The zero-order valence-corrected chi connectivity index (χ0v) is 15.2. The molecule has 1 saturated heterocycles. The molecule has 2 aromatic rings. The largest absolute Gasteiger partial charge is 0.341 e. The van der Waals surface area contributed by atoms with Crippen LogP contribution >= 0.6 is 0 Å². The summed E-state index contributed by atoms with van der Waals surface area (Å²) in [6.45, 7) is 2.59. The van der Waals surface area contributed by atoms with Gasteiger partial charge in [0.1, 0.15) is 0 Å². The van der Waals surface area contributed by atoms with E-state index in [1.807, 2.05) is 0 Å². The summed E-state index contributed by atoms with van der Waals surface area (Å²) in [6.07, 6.45) is 5.49. The molecule has 26 heavy (non-hydrogen) atoms. The Labute approximate surface area is 155 Å². The van der Waals surface area contributed by atoms with Gasteiger partial charge in [-0.25, -0.2) is 0 Å². The van der Waals surface area contributed by atoms with Crippen molar-refractivity contribution in [2.45, 2.75) is 50.1 Å². The van der Waals surface area contributed by atoms with Gasteiger partial charge in [0.25, 0.3) is 0 Å². The van der Waals surface area contributed by atoms with Gasteiger partial charge >= 0.3 is 0 Å². The van der Waals surface area contributed by atoms with Crippen LogP contribution in [0.1, 0.15) is 41.5 Å². The molecule has 3 aliphatic rings. The van der Waals surface area contributed by atoms with E-state index < -0.39 is 0 Å². The molecule has 1 spiro atoms. The molecule has 134 valence electrons. The maximum absolute atomic E-state index is 13.1. The summed E-state index contributed by atoms with van der Waals surface area (Å²) in [4.78, 5) is 15.2. The third-order valence-corrected chi connectivity index (χ3v) is 6.87. The van der Waals surface area contributed by atoms with Gasteiger partial charge < -0.3 is 10.2 Å². The number of carbonyl (C=O) groups excluding carboxylic acids is 1. The van der Waals surface area contributed by atoms with Gasteiger partial charge in [0.15, 0.2) is 0 Å². The monoisotopic (exact) mass is 346 g/mol. The molecule has 1 N–H and O–H groups in total. The summed E-state index contributed by atoms with van der Waals surface area (Å²) >= 11 is 0. The topological polar surface area (TPSA) is 32.3 Å². The quantitative estimate of drug-likeness (QED) is 0.860. The van der Waals surface area contributed by atoms with E-state index in [4.69, 9.17) is 0 Å². The first-order valence-corrected chi connectivity index (χ1v) is 9.93. The fourth-order valence-corrected chi connectivity index (χ4v) is 5.29. The normalized spacial score (nSPS) is 23.5. The second-order valence-corrected chi connectivity index (χ2v) is 8.17. The van der Waals surface area contributed by atoms with Crippen molar-refractivity contribution in [1.29, 1.82) is 0 Å². The van der Waals surface area contributed by atoms with Gasteiger partial charge in [-0.05, 0) is 59.8 Å². The van der Waals surface area contributed by atoms with Crippen LogP contribution in [0.3, 0.4) is 0 Å². The maximum Gasteiger partial charge on any atom is 0.240 e. The zero-order chi connectivity index (χ0) is 17.6. The lowest BCUT2D eigenvalue weighted by Gasteiger charge is -2.41. The lowest BCUT2D eigenvalue weighted by molar-refractivity contribution is -0.135. The number of hydrogen-bond acceptors (Lipinski definition) is 2. The summed E-state index contributed by atoms with van der Waals surface area (Å²) in [5.74, 6) is 0.292. The Bertz CT molecular complexity index is 836. The van der Waals surface area contributed by atoms with Gasteiger partial charge in [-0.15, -0.1) is 0 Å². The first-order valence-electron chi connectivity index (χ1n) is 9.93. The molecule has 0 radical (unpaired) electrons. The molecule has 0 saturated carbocycles. The number of nitrogens with zero attached hydrogens (tertiary/aromatic N) is 1. The van der Waals surface area contributed by atoms with Crippen LogP contribution in [-0.2, 0) is 29.6 Å². The summed E-state index contributed by atoms with van der Waals surface area (Å²) in [6, 6.07) is 17.3. The second-order valence-electron chi connectivity index (χ2n) is 8.17. The first kappa shape index (κ1) is 16.1. The molecule has 1 amide bonds. The van der Waals surface area contributed by atoms with Crippen molar-refractivity contribution in [2.75, 3.05) is 13.1 Å². The van der Waals surface area contributed by atoms with Crippen molar-refractivity contribution >= 4 is 5.91 Å². The second kappa shape index (κ2) is 6.24. The van der Waals surface area contributed by atoms with Gasteiger partial charge in [-0.2, -0.15) is 0 Å². The van der Waals surface area contributed by atoms with Crippen LogP contribution in [-0.4, -0.2) is 29.9 Å². The molecule has 1 unspecified atom stereocenters. The molecular weight excluding hydrogens is 320 g/mol. The number of hydrogen-bond donors (Lipinski definition) is 1. The highest BCUT2D eigenvalue weighted by Crippen LogP contribution is 2.46. The molecule has 1 fully saturated rings. The molecule has 2 heterocycles. The summed E-state index contributed by atoms with van der Waals surface area (Å²) in [7, 11) is 0. The number of amides is 1. The molecule has 2 aromatic carbocycles. The van der Waals surface area contributed by atoms with Crippen LogP contribution in [0.2, 0.25) is 0 Å². The molecule has 0 aromatic heterocycles. The average molecular weight is 346 g/mol. The predicted molar refractivity (Wildman–Crippen MR) is 103 cm³/mol. The highest BCUT2D eigenvalue weighted by atomic mass is 16.2. The van der Waals surface area contributed by atoms with Crippen LogP contribution in [0.15, 0.2) is 48.5 Å². The van der Waals surface area contributed by atoms with E-state index in [1.165, 1.54) is 29.5 Å². The minimum Gasteiger partial charge on any atom is -0.341 e. The summed E-state index contributed by atoms with van der Waals surface area (Å²) < 4.78 is 0. The van der Waals surface area contributed by atoms with Crippen LogP contribution in [0.5, 0.6) is 0 Å². The van der Waals surface area contributed by atoms with E-state index in [1.54, 1.807) is 5.56 Å². The zero-order valence-electron chi connectivity index (χ0n) is 15.2. The van der Waals surface area contributed by atoms with E-state index in [0.717, 1.165) is 38.9 Å². The minimum absolute atomic E-state index is 0.0604. The minimum atomic E-state index is -0.0604. The molecule has 3 heteroatoms. The smallest absolute Gasteiger partial charge is 0.240 e. The third-order valence-electron chi connectivity index (χ3n) is 6.87. The van der Waals surface area contributed by atoms with E-state index in [9.17, 15) is 4.79 Å². The fourth-order valence-electron chi connectivity index (χ4n) is 5.29. The number of nitrogens with one attached hydrogen (secondary N) is 1. The van der Waals surface area contributed by atoms with Crippen molar-refractivity contribution < 1.29 is 4.79 Å². The van der Waals surface area contributed by atoms with Gasteiger partial charge in [0.05, 0.1) is 6.04 Å². The van der Waals surface area contributed by atoms with Crippen LogP contribution < -0.4 is 5.32 Å². The Morgan fingerprint density at radius 2 is 1.62 bits per heavy atom. The molecule has 2 aliphatic heterocycles. The summed E-state index contributed by atoms with van der Waals surface area (Å²) in [5.41, 5.74) is 6.05. The van der Waals surface area contributed by atoms with Crippen LogP contribution in [0.4, 0.5) is 0 Å². The molecule has 1 atom stereocenters. The Balaban J connectivity index is 1.27. The fraction of sp³-hybridized carbons (Fsp3) is 0.435. The molecule has 5 rings (SSSR count). The molecular formula is C23H26N2O. The SMILES string of the molecule is O=C(C1Cc2ccccc2CN1)N1CCC2(CCc3ccccc32)CC1. The number of fused-ring (bicyclic) bond motifs is 3. The van der Waals surface area contributed by atoms with Crippen LogP contribution in [0, 0.1) is 0 Å². The van der Waals surface area contributed by atoms with Crippen molar-refractivity contribution in [1.82, 2.24) is 10.2 Å². The van der Waals surface area contributed by atoms with E-state index in [2.05, 4.69) is 58.7 Å². The Morgan fingerprint density at radius 3 is 2.42 bits per heavy atom. The Kier molecular flexibility index (Phi) is 3.86. The first-order chi connectivity index (χ1) is 12.8. The highest BCUT2D eigenvalue weighted by molar-refractivity contribution is 5.82. The van der Waals surface area contributed by atoms with E-state index in [0.29, 0.717) is 11.3 Å². The lowest BCUT2D eigenvalue weighted by Crippen LogP contribution is -2.53. The van der Waals surface area contributed by atoms with Gasteiger partial charge in [-0.3, -0.25) is 4.79 Å². The third kappa shape index (κ3) is 2.57. The van der Waals surface area contributed by atoms with E-state index in [-0.39, 0.29) is 6.04 Å². The molecule has 3 nitrogen and oxygen atoms in total. The maximum atomic E-state index is 13.1.